The third-order valence-electron chi connectivity index (χ3n) is 6.37. The van der Waals surface area contributed by atoms with E-state index < -0.39 is 5.41 Å². The molecule has 8 nitrogen and oxygen atoms in total. The van der Waals surface area contributed by atoms with E-state index in [4.69, 9.17) is 16.2 Å². The molecule has 184 valence electrons. The standard InChI is InChI=1S/C28H30N6O2/c1-19-4-3-5-22(14-19)23(15-29)16-31-20(2)34-26(35)28(10-12-36-13-11-28)25-8-6-21(7-9-25)24-17-32-27(30)33-18-24/h3-9,14-18H,2,10-13,29H2,1H3,(H,34,35)(H2,30,32,33)/b23-15+,31-16-. The molecule has 1 fully saturated rings. The third kappa shape index (κ3) is 5.50. The summed E-state index contributed by atoms with van der Waals surface area (Å²) in [5.74, 6) is 0.308. The van der Waals surface area contributed by atoms with Crippen molar-refractivity contribution < 1.29 is 9.53 Å². The maximum Gasteiger partial charge on any atom is 0.236 e. The molecule has 0 unspecified atom stereocenters. The molecule has 4 rings (SSSR count). The van der Waals surface area contributed by atoms with Crippen molar-refractivity contribution >= 4 is 23.6 Å². The van der Waals surface area contributed by atoms with E-state index in [1.165, 1.54) is 6.20 Å². The van der Waals surface area contributed by atoms with Gasteiger partial charge in [0.15, 0.2) is 0 Å². The molecule has 1 aliphatic heterocycles. The van der Waals surface area contributed by atoms with Gasteiger partial charge in [0.05, 0.1) is 5.41 Å². The molecule has 1 aliphatic rings. The van der Waals surface area contributed by atoms with Gasteiger partial charge in [0, 0.05) is 49.2 Å². The maximum absolute atomic E-state index is 13.6. The second kappa shape index (κ2) is 11.0. The average molecular weight is 483 g/mol. The maximum atomic E-state index is 13.6. The Morgan fingerprint density at radius 1 is 1.11 bits per heavy atom. The summed E-state index contributed by atoms with van der Waals surface area (Å²) in [6.07, 6.45) is 7.56. The minimum absolute atomic E-state index is 0.162. The molecule has 0 aliphatic carbocycles. The summed E-state index contributed by atoms with van der Waals surface area (Å²) in [4.78, 5) is 26.1. The van der Waals surface area contributed by atoms with Crippen LogP contribution in [-0.2, 0) is 14.9 Å². The lowest BCUT2D eigenvalue weighted by Gasteiger charge is -2.36. The normalized spacial score (nSPS) is 15.5. The van der Waals surface area contributed by atoms with Gasteiger partial charge in [0.2, 0.25) is 11.9 Å². The number of amides is 1. The zero-order valence-electron chi connectivity index (χ0n) is 20.3. The van der Waals surface area contributed by atoms with Crippen LogP contribution < -0.4 is 16.8 Å². The molecule has 0 atom stereocenters. The molecule has 0 radical (unpaired) electrons. The van der Waals surface area contributed by atoms with Crippen LogP contribution in [0.1, 0.15) is 29.5 Å². The fraction of sp³-hybridized carbons (Fsp3) is 0.214. The van der Waals surface area contributed by atoms with Crippen LogP contribution in [0.4, 0.5) is 5.95 Å². The molecule has 8 heteroatoms. The second-order valence-electron chi connectivity index (χ2n) is 8.75. The summed E-state index contributed by atoms with van der Waals surface area (Å²) in [6.45, 7) is 6.93. The number of allylic oxidation sites excluding steroid dienone is 1. The number of carbonyl (C=O) groups is 1. The topological polar surface area (TPSA) is 129 Å². The molecule has 0 saturated carbocycles. The van der Waals surface area contributed by atoms with E-state index in [0.717, 1.165) is 33.4 Å². The van der Waals surface area contributed by atoms with Crippen molar-refractivity contribution in [2.45, 2.75) is 25.2 Å². The van der Waals surface area contributed by atoms with Crippen LogP contribution in [0.3, 0.4) is 0 Å². The van der Waals surface area contributed by atoms with Gasteiger partial charge in [0.25, 0.3) is 0 Å². The fourth-order valence-corrected chi connectivity index (χ4v) is 4.30. The lowest BCUT2D eigenvalue weighted by molar-refractivity contribution is -0.129. The number of ether oxygens (including phenoxy) is 1. The zero-order valence-corrected chi connectivity index (χ0v) is 20.3. The van der Waals surface area contributed by atoms with Crippen molar-refractivity contribution in [3.05, 3.63) is 96.2 Å². The lowest BCUT2D eigenvalue weighted by Crippen LogP contribution is -2.47. The summed E-state index contributed by atoms with van der Waals surface area (Å²) in [6, 6.07) is 15.8. The van der Waals surface area contributed by atoms with Gasteiger partial charge in [-0.05, 0) is 36.5 Å². The number of nitrogens with one attached hydrogen (secondary N) is 1. The number of rotatable bonds is 7. The highest BCUT2D eigenvalue weighted by Crippen LogP contribution is 2.36. The first-order chi connectivity index (χ1) is 17.4. The number of benzene rings is 2. The molecule has 36 heavy (non-hydrogen) atoms. The van der Waals surface area contributed by atoms with E-state index in [9.17, 15) is 4.79 Å². The van der Waals surface area contributed by atoms with Crippen molar-refractivity contribution in [3.63, 3.8) is 0 Å². The Labute approximate surface area is 210 Å². The highest BCUT2D eigenvalue weighted by atomic mass is 16.5. The van der Waals surface area contributed by atoms with Gasteiger partial charge in [-0.25, -0.2) is 15.0 Å². The number of aryl methyl sites for hydroxylation is 1. The van der Waals surface area contributed by atoms with Gasteiger partial charge in [-0.15, -0.1) is 0 Å². The minimum Gasteiger partial charge on any atom is -0.404 e. The van der Waals surface area contributed by atoms with Gasteiger partial charge in [-0.3, -0.25) is 4.79 Å². The van der Waals surface area contributed by atoms with E-state index in [-0.39, 0.29) is 17.7 Å². The van der Waals surface area contributed by atoms with E-state index >= 15 is 0 Å². The largest absolute Gasteiger partial charge is 0.404 e. The fourth-order valence-electron chi connectivity index (χ4n) is 4.30. The molecule has 0 spiro atoms. The number of carbonyl (C=O) groups excluding carboxylic acids is 1. The first-order valence-electron chi connectivity index (χ1n) is 11.7. The number of nitrogens with two attached hydrogens (primary N) is 2. The molecular formula is C28H30N6O2. The first kappa shape index (κ1) is 24.8. The molecule has 2 aromatic carbocycles. The Bertz CT molecular complexity index is 1290. The smallest absolute Gasteiger partial charge is 0.236 e. The molecule has 1 aromatic heterocycles. The molecule has 1 amide bonds. The van der Waals surface area contributed by atoms with Crippen LogP contribution in [-0.4, -0.2) is 35.3 Å². The van der Waals surface area contributed by atoms with Crippen LogP contribution in [0.25, 0.3) is 16.7 Å². The SMILES string of the molecule is C=C(/N=C\C(=C/N)c1cccc(C)c1)NC(=O)C1(c2ccc(-c3cnc(N)nc3)cc2)CCOCC1. The number of aliphatic imine (C=N–C) groups is 1. The highest BCUT2D eigenvalue weighted by molar-refractivity contribution is 6.10. The quantitative estimate of drug-likeness (QED) is 0.440. The van der Waals surface area contributed by atoms with Gasteiger partial charge in [-0.2, -0.15) is 0 Å². The summed E-state index contributed by atoms with van der Waals surface area (Å²) in [5.41, 5.74) is 16.1. The van der Waals surface area contributed by atoms with Crippen LogP contribution >= 0.6 is 0 Å². The first-order valence-corrected chi connectivity index (χ1v) is 11.7. The Morgan fingerprint density at radius 3 is 2.44 bits per heavy atom. The average Bonchev–Trinajstić information content (AvgIpc) is 2.90. The van der Waals surface area contributed by atoms with Gasteiger partial charge in [0.1, 0.15) is 5.82 Å². The van der Waals surface area contributed by atoms with E-state index in [2.05, 4.69) is 26.9 Å². The number of aromatic nitrogens is 2. The number of nitrogens with zero attached hydrogens (tertiary/aromatic N) is 3. The zero-order chi connectivity index (χ0) is 25.5. The van der Waals surface area contributed by atoms with Gasteiger partial charge < -0.3 is 21.5 Å². The Balaban J connectivity index is 1.52. The Kier molecular flexibility index (Phi) is 7.56. The van der Waals surface area contributed by atoms with Crippen LogP contribution in [0.5, 0.6) is 0 Å². The number of hydrogen-bond donors (Lipinski definition) is 3. The molecular weight excluding hydrogens is 452 g/mol. The minimum atomic E-state index is -0.754. The summed E-state index contributed by atoms with van der Waals surface area (Å²) in [5, 5.41) is 2.89. The van der Waals surface area contributed by atoms with E-state index in [1.54, 1.807) is 18.6 Å². The number of anilines is 1. The number of nitrogen functional groups attached to an aromatic ring is 1. The molecule has 3 aromatic rings. The van der Waals surface area contributed by atoms with Crippen molar-refractivity contribution in [2.75, 3.05) is 18.9 Å². The number of hydrogen-bond acceptors (Lipinski definition) is 7. The molecule has 1 saturated heterocycles. The summed E-state index contributed by atoms with van der Waals surface area (Å²) < 4.78 is 5.58. The van der Waals surface area contributed by atoms with Crippen LogP contribution in [0.15, 0.2) is 84.5 Å². The van der Waals surface area contributed by atoms with E-state index in [1.807, 2.05) is 55.5 Å². The van der Waals surface area contributed by atoms with E-state index in [0.29, 0.717) is 26.1 Å². The highest BCUT2D eigenvalue weighted by Gasteiger charge is 2.41. The van der Waals surface area contributed by atoms with Crippen molar-refractivity contribution in [1.82, 2.24) is 15.3 Å². The third-order valence-corrected chi connectivity index (χ3v) is 6.37. The molecule has 2 heterocycles. The Morgan fingerprint density at radius 2 is 1.81 bits per heavy atom. The molecule has 0 bridgehead atoms. The second-order valence-corrected chi connectivity index (χ2v) is 8.75. The van der Waals surface area contributed by atoms with Crippen molar-refractivity contribution in [2.24, 2.45) is 10.7 Å². The lowest BCUT2D eigenvalue weighted by atomic mass is 9.73. The van der Waals surface area contributed by atoms with Gasteiger partial charge in [-0.1, -0.05) is 60.7 Å². The van der Waals surface area contributed by atoms with Crippen LogP contribution in [0, 0.1) is 6.92 Å². The van der Waals surface area contributed by atoms with Crippen molar-refractivity contribution in [3.8, 4) is 11.1 Å². The molecule has 5 N–H and O–H groups in total. The summed E-state index contributed by atoms with van der Waals surface area (Å²) >= 11 is 0. The van der Waals surface area contributed by atoms with Crippen LogP contribution in [0.2, 0.25) is 0 Å². The van der Waals surface area contributed by atoms with Crippen molar-refractivity contribution in [1.29, 1.82) is 0 Å². The van der Waals surface area contributed by atoms with Gasteiger partial charge >= 0.3 is 0 Å². The Hall–Kier alpha value is -4.30. The predicted molar refractivity (Wildman–Crippen MR) is 143 cm³/mol. The summed E-state index contributed by atoms with van der Waals surface area (Å²) in [7, 11) is 0. The monoisotopic (exact) mass is 482 g/mol. The predicted octanol–water partition coefficient (Wildman–Crippen LogP) is 3.74.